The summed E-state index contributed by atoms with van der Waals surface area (Å²) in [6.07, 6.45) is 2.42. The zero-order valence-corrected chi connectivity index (χ0v) is 11.2. The molecule has 0 bridgehead atoms. The van der Waals surface area contributed by atoms with Crippen LogP contribution >= 0.6 is 11.3 Å². The van der Waals surface area contributed by atoms with Gasteiger partial charge in [-0.15, -0.1) is 11.3 Å². The predicted octanol–water partition coefficient (Wildman–Crippen LogP) is 3.62. The van der Waals surface area contributed by atoms with Crippen LogP contribution < -0.4 is 0 Å². The number of carbonyl (C=O) groups is 1. The van der Waals surface area contributed by atoms with Crippen molar-refractivity contribution < 1.29 is 14.3 Å². The minimum absolute atomic E-state index is 0.0294. The first-order valence-electron chi connectivity index (χ1n) is 5.97. The van der Waals surface area contributed by atoms with E-state index in [2.05, 4.69) is 11.9 Å². The summed E-state index contributed by atoms with van der Waals surface area (Å²) in [5.41, 5.74) is 0.534. The summed E-state index contributed by atoms with van der Waals surface area (Å²) in [5.74, 6) is -0.664. The Balaban J connectivity index is 2.39. The summed E-state index contributed by atoms with van der Waals surface area (Å²) in [5, 5.41) is 9.07. The van der Waals surface area contributed by atoms with Crippen molar-refractivity contribution in [2.45, 2.75) is 33.1 Å². The lowest BCUT2D eigenvalue weighted by Crippen LogP contribution is -1.99. The molecule has 0 aromatic carbocycles. The van der Waals surface area contributed by atoms with Crippen LogP contribution in [0.4, 0.5) is 0 Å². The molecule has 2 rings (SSSR count). The number of aromatic nitrogens is 1. The Morgan fingerprint density at radius 3 is 2.78 bits per heavy atom. The minimum atomic E-state index is -1.05. The molecule has 96 valence electrons. The van der Waals surface area contributed by atoms with Gasteiger partial charge in [0, 0.05) is 4.88 Å². The first-order chi connectivity index (χ1) is 8.65. The number of hydrogen-bond acceptors (Lipinski definition) is 4. The third-order valence-corrected chi connectivity index (χ3v) is 3.82. The van der Waals surface area contributed by atoms with E-state index in [1.54, 1.807) is 11.3 Å². The fourth-order valence-corrected chi connectivity index (χ4v) is 2.59. The summed E-state index contributed by atoms with van der Waals surface area (Å²) >= 11 is 1.59. The number of oxazole rings is 1. The zero-order valence-electron chi connectivity index (χ0n) is 10.4. The molecular formula is C13H15NO3S. The van der Waals surface area contributed by atoms with Gasteiger partial charge in [-0.3, -0.25) is 0 Å². The zero-order chi connectivity index (χ0) is 13.1. The number of hydrogen-bond donors (Lipinski definition) is 1. The molecule has 0 amide bonds. The molecule has 0 aliphatic rings. The highest BCUT2D eigenvalue weighted by molar-refractivity contribution is 7.15. The van der Waals surface area contributed by atoms with Crippen molar-refractivity contribution in [2.24, 2.45) is 0 Å². The van der Waals surface area contributed by atoms with Gasteiger partial charge in [-0.1, -0.05) is 20.3 Å². The normalized spacial score (nSPS) is 10.8. The van der Waals surface area contributed by atoms with Gasteiger partial charge in [0.05, 0.1) is 10.6 Å². The molecule has 4 nitrogen and oxygen atoms in total. The van der Waals surface area contributed by atoms with Crippen molar-refractivity contribution in [1.29, 1.82) is 0 Å². The largest absolute Gasteiger partial charge is 0.475 e. The summed E-state index contributed by atoms with van der Waals surface area (Å²) < 4.78 is 5.37. The van der Waals surface area contributed by atoms with Crippen LogP contribution in [0.1, 0.15) is 41.4 Å². The topological polar surface area (TPSA) is 63.3 Å². The maximum atomic E-state index is 11.1. The summed E-state index contributed by atoms with van der Waals surface area (Å²) in [6, 6.07) is 3.95. The molecule has 0 radical (unpaired) electrons. The second-order valence-corrected chi connectivity index (χ2v) is 5.14. The van der Waals surface area contributed by atoms with Crippen molar-refractivity contribution >= 4 is 17.3 Å². The minimum Gasteiger partial charge on any atom is -0.475 e. The number of carboxylic acid groups (broad SMARTS) is 1. The molecule has 0 unspecified atom stereocenters. The molecule has 0 aliphatic heterocycles. The SMILES string of the molecule is CCCc1nc(-c2ccc(CC)s2)oc1C(=O)O. The number of nitrogens with zero attached hydrogens (tertiary/aromatic N) is 1. The Hall–Kier alpha value is -1.62. The third kappa shape index (κ3) is 2.46. The lowest BCUT2D eigenvalue weighted by Gasteiger charge is -1.91. The lowest BCUT2D eigenvalue weighted by atomic mass is 10.2. The second kappa shape index (κ2) is 5.35. The first-order valence-corrected chi connectivity index (χ1v) is 6.79. The maximum absolute atomic E-state index is 11.1. The van der Waals surface area contributed by atoms with E-state index in [9.17, 15) is 4.79 Å². The number of thiophene rings is 1. The van der Waals surface area contributed by atoms with Gasteiger partial charge in [0.15, 0.2) is 0 Å². The molecule has 0 spiro atoms. The molecule has 2 aromatic heterocycles. The van der Waals surface area contributed by atoms with E-state index in [-0.39, 0.29) is 5.76 Å². The molecular weight excluding hydrogens is 250 g/mol. The molecule has 0 aliphatic carbocycles. The summed E-state index contributed by atoms with van der Waals surface area (Å²) in [6.45, 7) is 4.07. The van der Waals surface area contributed by atoms with E-state index in [0.29, 0.717) is 18.0 Å². The Morgan fingerprint density at radius 2 is 2.22 bits per heavy atom. The molecule has 18 heavy (non-hydrogen) atoms. The molecule has 1 N–H and O–H groups in total. The van der Waals surface area contributed by atoms with Gasteiger partial charge in [0.2, 0.25) is 11.7 Å². The molecule has 0 saturated heterocycles. The van der Waals surface area contributed by atoms with Crippen molar-refractivity contribution in [2.75, 3.05) is 0 Å². The fourth-order valence-electron chi connectivity index (χ4n) is 1.71. The van der Waals surface area contributed by atoms with Crippen molar-refractivity contribution in [3.8, 4) is 10.8 Å². The van der Waals surface area contributed by atoms with Gasteiger partial charge in [-0.25, -0.2) is 9.78 Å². The molecule has 0 saturated carbocycles. The van der Waals surface area contributed by atoms with Crippen LogP contribution in [0.2, 0.25) is 0 Å². The highest BCUT2D eigenvalue weighted by Crippen LogP contribution is 2.29. The predicted molar refractivity (Wildman–Crippen MR) is 70.1 cm³/mol. The molecule has 5 heteroatoms. The van der Waals surface area contributed by atoms with Crippen LogP contribution in [0.5, 0.6) is 0 Å². The van der Waals surface area contributed by atoms with Crippen LogP contribution in [0.3, 0.4) is 0 Å². The molecule has 2 heterocycles. The van der Waals surface area contributed by atoms with Crippen LogP contribution in [-0.2, 0) is 12.8 Å². The summed E-state index contributed by atoms with van der Waals surface area (Å²) in [4.78, 5) is 17.5. The van der Waals surface area contributed by atoms with Crippen LogP contribution in [-0.4, -0.2) is 16.1 Å². The van der Waals surface area contributed by atoms with E-state index < -0.39 is 5.97 Å². The van der Waals surface area contributed by atoms with Gasteiger partial charge in [0.25, 0.3) is 0 Å². The van der Waals surface area contributed by atoms with E-state index in [1.807, 2.05) is 19.1 Å². The molecule has 0 atom stereocenters. The fraction of sp³-hybridized carbons (Fsp3) is 0.385. The average Bonchev–Trinajstić information content (AvgIpc) is 2.94. The van der Waals surface area contributed by atoms with Gasteiger partial charge in [0.1, 0.15) is 0 Å². The van der Waals surface area contributed by atoms with Gasteiger partial charge < -0.3 is 9.52 Å². The highest BCUT2D eigenvalue weighted by atomic mass is 32.1. The van der Waals surface area contributed by atoms with Crippen LogP contribution in [0, 0.1) is 0 Å². The van der Waals surface area contributed by atoms with E-state index in [4.69, 9.17) is 9.52 Å². The van der Waals surface area contributed by atoms with Gasteiger partial charge >= 0.3 is 5.97 Å². The van der Waals surface area contributed by atoms with Gasteiger partial charge in [-0.2, -0.15) is 0 Å². The third-order valence-electron chi connectivity index (χ3n) is 2.60. The van der Waals surface area contributed by atoms with E-state index in [1.165, 1.54) is 4.88 Å². The lowest BCUT2D eigenvalue weighted by molar-refractivity contribution is 0.0662. The average molecular weight is 265 g/mol. The van der Waals surface area contributed by atoms with Crippen molar-refractivity contribution in [3.63, 3.8) is 0 Å². The Labute approximate surface area is 109 Å². The smallest absolute Gasteiger partial charge is 0.373 e. The summed E-state index contributed by atoms with van der Waals surface area (Å²) in [7, 11) is 0. The highest BCUT2D eigenvalue weighted by Gasteiger charge is 2.20. The van der Waals surface area contributed by atoms with Crippen LogP contribution in [0.25, 0.3) is 10.8 Å². The second-order valence-electron chi connectivity index (χ2n) is 3.97. The monoisotopic (exact) mass is 265 g/mol. The number of rotatable bonds is 5. The number of aryl methyl sites for hydroxylation is 2. The Bertz CT molecular complexity index is 556. The molecule has 2 aromatic rings. The first kappa shape index (κ1) is 12.8. The van der Waals surface area contributed by atoms with Crippen molar-refractivity contribution in [3.05, 3.63) is 28.5 Å². The molecule has 0 fully saturated rings. The number of carboxylic acids is 1. The number of aromatic carboxylic acids is 1. The Morgan fingerprint density at radius 1 is 1.44 bits per heavy atom. The van der Waals surface area contributed by atoms with Crippen molar-refractivity contribution in [1.82, 2.24) is 4.98 Å². The van der Waals surface area contributed by atoms with E-state index >= 15 is 0 Å². The van der Waals surface area contributed by atoms with Crippen LogP contribution in [0.15, 0.2) is 16.5 Å². The maximum Gasteiger partial charge on any atom is 0.373 e. The van der Waals surface area contributed by atoms with Gasteiger partial charge in [-0.05, 0) is 25.0 Å². The van der Waals surface area contributed by atoms with E-state index in [0.717, 1.165) is 17.7 Å². The Kier molecular flexibility index (Phi) is 3.81. The standard InChI is InChI=1S/C13H15NO3S/c1-3-5-9-11(13(15)16)17-12(14-9)10-7-6-8(4-2)18-10/h6-7H,3-5H2,1-2H3,(H,15,16). The quantitative estimate of drug-likeness (QED) is 0.896.